The smallest absolute Gasteiger partial charge is 0.407 e. The Kier molecular flexibility index (Phi) is 8.66. The Morgan fingerprint density at radius 1 is 0.927 bits per heavy atom. The number of carbonyl (C=O) groups excluding carboxylic acids is 2. The molecular formula is C32H34N2O7. The Bertz CT molecular complexity index is 1350. The fourth-order valence-electron chi connectivity index (χ4n) is 5.67. The molecule has 5 rings (SSSR count). The number of piperidine rings is 1. The highest BCUT2D eigenvalue weighted by Crippen LogP contribution is 2.44. The maximum atomic E-state index is 13.7. The van der Waals surface area contributed by atoms with Gasteiger partial charge in [-0.05, 0) is 41.2 Å². The van der Waals surface area contributed by atoms with Crippen molar-refractivity contribution in [3.8, 4) is 11.1 Å². The number of nitrogens with zero attached hydrogens (tertiary/aromatic N) is 1. The van der Waals surface area contributed by atoms with E-state index in [4.69, 9.17) is 9.47 Å². The lowest BCUT2D eigenvalue weighted by Gasteiger charge is -2.37. The maximum Gasteiger partial charge on any atom is 0.407 e. The van der Waals surface area contributed by atoms with E-state index in [-0.39, 0.29) is 38.6 Å². The van der Waals surface area contributed by atoms with Crippen molar-refractivity contribution < 1.29 is 34.1 Å². The van der Waals surface area contributed by atoms with Gasteiger partial charge in [0.25, 0.3) is 0 Å². The number of aliphatic carboxylic acids is 1. The van der Waals surface area contributed by atoms with E-state index in [9.17, 15) is 24.6 Å². The molecule has 0 aromatic heterocycles. The van der Waals surface area contributed by atoms with Crippen LogP contribution in [0.25, 0.3) is 11.1 Å². The summed E-state index contributed by atoms with van der Waals surface area (Å²) in [5, 5.41) is 22.5. The summed E-state index contributed by atoms with van der Waals surface area (Å²) in [6, 6.07) is 24.3. The molecular weight excluding hydrogens is 524 g/mol. The predicted octanol–water partition coefficient (Wildman–Crippen LogP) is 3.79. The molecule has 41 heavy (non-hydrogen) atoms. The number of ether oxygens (including phenoxy) is 2. The van der Waals surface area contributed by atoms with Crippen LogP contribution >= 0.6 is 0 Å². The van der Waals surface area contributed by atoms with E-state index < -0.39 is 42.1 Å². The van der Waals surface area contributed by atoms with Crippen molar-refractivity contribution >= 4 is 18.0 Å². The number of hydrogen-bond donors (Lipinski definition) is 3. The fourth-order valence-corrected chi connectivity index (χ4v) is 5.67. The third kappa shape index (κ3) is 6.42. The zero-order valence-corrected chi connectivity index (χ0v) is 22.8. The zero-order valence-electron chi connectivity index (χ0n) is 22.8. The van der Waals surface area contributed by atoms with Crippen molar-refractivity contribution in [2.75, 3.05) is 19.7 Å². The van der Waals surface area contributed by atoms with Crippen LogP contribution in [0, 0.1) is 5.92 Å². The second-order valence-electron chi connectivity index (χ2n) is 10.6. The average molecular weight is 559 g/mol. The summed E-state index contributed by atoms with van der Waals surface area (Å²) in [6.45, 7) is 1.85. The van der Waals surface area contributed by atoms with Crippen molar-refractivity contribution in [1.82, 2.24) is 10.2 Å². The molecule has 3 aromatic rings. The Morgan fingerprint density at radius 2 is 1.54 bits per heavy atom. The van der Waals surface area contributed by atoms with E-state index >= 15 is 0 Å². The molecule has 1 aliphatic heterocycles. The van der Waals surface area contributed by atoms with Crippen LogP contribution < -0.4 is 5.32 Å². The molecule has 9 heteroatoms. The monoisotopic (exact) mass is 558 g/mol. The van der Waals surface area contributed by atoms with Crippen molar-refractivity contribution in [3.63, 3.8) is 0 Å². The highest BCUT2D eigenvalue weighted by atomic mass is 16.5. The zero-order chi connectivity index (χ0) is 28.9. The second-order valence-corrected chi connectivity index (χ2v) is 10.6. The number of β-amino-alcohol motifs (C(OH)–C–C–N with tert-alkyl or cyclic N) is 1. The molecule has 0 bridgehead atoms. The molecule has 0 saturated carbocycles. The molecule has 1 aliphatic carbocycles. The van der Waals surface area contributed by atoms with Crippen LogP contribution in [0.2, 0.25) is 0 Å². The van der Waals surface area contributed by atoms with Gasteiger partial charge in [0.1, 0.15) is 12.6 Å². The third-order valence-electron chi connectivity index (χ3n) is 7.80. The predicted molar refractivity (Wildman–Crippen MR) is 151 cm³/mol. The van der Waals surface area contributed by atoms with Crippen LogP contribution in [0.1, 0.15) is 36.0 Å². The molecule has 2 amide bonds. The first kappa shape index (κ1) is 28.3. The molecule has 9 nitrogen and oxygen atoms in total. The van der Waals surface area contributed by atoms with Crippen molar-refractivity contribution in [2.24, 2.45) is 5.92 Å². The highest BCUT2D eigenvalue weighted by molar-refractivity contribution is 5.87. The summed E-state index contributed by atoms with van der Waals surface area (Å²) in [7, 11) is 0. The minimum Gasteiger partial charge on any atom is -0.481 e. The third-order valence-corrected chi connectivity index (χ3v) is 7.80. The lowest BCUT2D eigenvalue weighted by atomic mass is 9.95. The number of carboxylic acid groups (broad SMARTS) is 1. The summed E-state index contributed by atoms with van der Waals surface area (Å²) in [6.07, 6.45) is -2.48. The number of fused-ring (bicyclic) bond motifs is 3. The number of amides is 2. The molecule has 0 spiro atoms. The van der Waals surface area contributed by atoms with E-state index in [0.29, 0.717) is 0 Å². The van der Waals surface area contributed by atoms with Gasteiger partial charge < -0.3 is 29.9 Å². The Morgan fingerprint density at radius 3 is 2.17 bits per heavy atom. The van der Waals surface area contributed by atoms with E-state index in [0.717, 1.165) is 27.8 Å². The largest absolute Gasteiger partial charge is 0.481 e. The number of likely N-dealkylation sites (tertiary alicyclic amines) is 1. The van der Waals surface area contributed by atoms with Gasteiger partial charge in [-0.1, -0.05) is 78.9 Å². The number of aliphatic hydroxyl groups is 1. The lowest BCUT2D eigenvalue weighted by molar-refractivity contribution is -0.150. The van der Waals surface area contributed by atoms with Gasteiger partial charge in [-0.2, -0.15) is 0 Å². The van der Waals surface area contributed by atoms with Gasteiger partial charge >= 0.3 is 12.1 Å². The maximum absolute atomic E-state index is 13.7. The van der Waals surface area contributed by atoms with E-state index in [2.05, 4.69) is 5.32 Å². The van der Waals surface area contributed by atoms with Gasteiger partial charge in [0, 0.05) is 19.0 Å². The Balaban J connectivity index is 1.30. The topological polar surface area (TPSA) is 125 Å². The molecule has 1 fully saturated rings. The number of rotatable bonds is 9. The first-order chi connectivity index (χ1) is 19.8. The number of alkyl carbamates (subject to hydrolysis) is 1. The second kappa shape index (κ2) is 12.5. The fraction of sp³-hybridized carbons (Fsp3) is 0.344. The number of nitrogens with one attached hydrogen (secondary N) is 1. The Labute approximate surface area is 238 Å². The van der Waals surface area contributed by atoms with Gasteiger partial charge in [0.15, 0.2) is 0 Å². The van der Waals surface area contributed by atoms with Gasteiger partial charge in [0.05, 0.1) is 24.7 Å². The SMILES string of the molecule is CC(OCc1ccccc1)C(NC(=O)OCC1c2ccccc2-c2ccccc21)C(=O)N1CC(O)CC(C(=O)O)C1. The van der Waals surface area contributed by atoms with E-state index in [1.54, 1.807) is 6.92 Å². The summed E-state index contributed by atoms with van der Waals surface area (Å²) in [5.74, 6) is -2.68. The minimum absolute atomic E-state index is 0.0309. The molecule has 3 aromatic carbocycles. The van der Waals surface area contributed by atoms with E-state index in [1.807, 2.05) is 78.9 Å². The number of benzene rings is 3. The summed E-state index contributed by atoms with van der Waals surface area (Å²) < 4.78 is 11.7. The molecule has 214 valence electrons. The van der Waals surface area contributed by atoms with Gasteiger partial charge in [0.2, 0.25) is 5.91 Å². The summed E-state index contributed by atoms with van der Waals surface area (Å²) >= 11 is 0. The first-order valence-corrected chi connectivity index (χ1v) is 13.8. The minimum atomic E-state index is -1.16. The van der Waals surface area contributed by atoms with Crippen LogP contribution in [-0.4, -0.2) is 71.0 Å². The number of hydrogen-bond acceptors (Lipinski definition) is 6. The molecule has 2 aliphatic rings. The van der Waals surface area contributed by atoms with Gasteiger partial charge in [-0.3, -0.25) is 9.59 Å². The molecule has 4 unspecified atom stereocenters. The van der Waals surface area contributed by atoms with Crippen molar-refractivity contribution in [3.05, 3.63) is 95.6 Å². The highest BCUT2D eigenvalue weighted by Gasteiger charge is 2.39. The summed E-state index contributed by atoms with van der Waals surface area (Å²) in [4.78, 5) is 39.7. The van der Waals surface area contributed by atoms with E-state index in [1.165, 1.54) is 4.90 Å². The molecule has 3 N–H and O–H groups in total. The van der Waals surface area contributed by atoms with Crippen LogP contribution in [0.3, 0.4) is 0 Å². The van der Waals surface area contributed by atoms with Crippen LogP contribution in [-0.2, 0) is 25.7 Å². The van der Waals surface area contributed by atoms with Crippen molar-refractivity contribution in [2.45, 2.75) is 44.1 Å². The number of aliphatic hydroxyl groups excluding tert-OH is 1. The summed E-state index contributed by atoms with van der Waals surface area (Å²) in [5.41, 5.74) is 5.23. The number of carbonyl (C=O) groups is 3. The quantitative estimate of drug-likeness (QED) is 0.365. The normalized spacial score (nSPS) is 19.5. The van der Waals surface area contributed by atoms with Crippen LogP contribution in [0.4, 0.5) is 4.79 Å². The van der Waals surface area contributed by atoms with Crippen LogP contribution in [0.5, 0.6) is 0 Å². The molecule has 4 atom stereocenters. The van der Waals surface area contributed by atoms with Gasteiger partial charge in [-0.25, -0.2) is 4.79 Å². The molecule has 1 saturated heterocycles. The van der Waals surface area contributed by atoms with Gasteiger partial charge in [-0.15, -0.1) is 0 Å². The Hall–Kier alpha value is -4.21. The lowest BCUT2D eigenvalue weighted by Crippen LogP contribution is -2.58. The van der Waals surface area contributed by atoms with Crippen molar-refractivity contribution in [1.29, 1.82) is 0 Å². The standard InChI is InChI=1S/C32H34N2O7/c1-20(40-18-21-9-3-2-4-10-21)29(30(36)34-16-22(31(37)38)15-23(35)17-34)33-32(39)41-19-28-26-13-7-5-11-24(26)25-12-6-8-14-27(25)28/h2-14,20,22-23,28-29,35H,15-19H2,1H3,(H,33,39)(H,37,38). The molecule has 1 heterocycles. The average Bonchev–Trinajstić information content (AvgIpc) is 3.31. The van der Waals surface area contributed by atoms with Crippen LogP contribution in [0.15, 0.2) is 78.9 Å². The molecule has 0 radical (unpaired) electrons. The first-order valence-electron chi connectivity index (χ1n) is 13.8. The number of carboxylic acids is 1.